The van der Waals surface area contributed by atoms with Crippen LogP contribution < -0.4 is 11.1 Å². The molecule has 3 atom stereocenters. The second-order valence-corrected chi connectivity index (χ2v) is 6.66. The van der Waals surface area contributed by atoms with Gasteiger partial charge in [-0.15, -0.1) is 0 Å². The molecule has 1 saturated heterocycles. The minimum absolute atomic E-state index is 0.0299. The van der Waals surface area contributed by atoms with Gasteiger partial charge in [-0.2, -0.15) is 0 Å². The zero-order valence-electron chi connectivity index (χ0n) is 14.5. The first-order valence-corrected chi connectivity index (χ1v) is 8.50. The molecule has 0 saturated carbocycles. The van der Waals surface area contributed by atoms with Crippen molar-refractivity contribution in [3.05, 3.63) is 35.9 Å². The molecule has 1 aliphatic rings. The number of nitrogens with zero attached hydrogens (tertiary/aromatic N) is 2. The Morgan fingerprint density at radius 3 is 2.39 bits per heavy atom. The van der Waals surface area contributed by atoms with Crippen LogP contribution in [0, 0.1) is 5.92 Å². The minimum atomic E-state index is -0.268. The number of likely N-dealkylation sites (N-methyl/N-ethyl adjacent to an activating group) is 1. The van der Waals surface area contributed by atoms with Gasteiger partial charge in [0.25, 0.3) is 0 Å². The molecular weight excluding hydrogens is 288 g/mol. The molecule has 3 unspecified atom stereocenters. The van der Waals surface area contributed by atoms with Gasteiger partial charge in [-0.1, -0.05) is 37.3 Å². The predicted molar refractivity (Wildman–Crippen MR) is 94.1 cm³/mol. The van der Waals surface area contributed by atoms with Crippen molar-refractivity contribution >= 4 is 5.91 Å². The molecule has 0 radical (unpaired) electrons. The van der Waals surface area contributed by atoms with Crippen LogP contribution in [-0.2, 0) is 4.79 Å². The smallest absolute Gasteiger partial charge is 0.224 e. The molecule has 1 fully saturated rings. The van der Waals surface area contributed by atoms with E-state index in [1.54, 1.807) is 0 Å². The Kier molecular flexibility index (Phi) is 6.57. The van der Waals surface area contributed by atoms with Gasteiger partial charge in [0.1, 0.15) is 0 Å². The Morgan fingerprint density at radius 2 is 1.78 bits per heavy atom. The quantitative estimate of drug-likeness (QED) is 0.824. The first-order chi connectivity index (χ1) is 11.0. The summed E-state index contributed by atoms with van der Waals surface area (Å²) in [6, 6.07) is 9.90. The van der Waals surface area contributed by atoms with Crippen molar-refractivity contribution in [1.29, 1.82) is 0 Å². The monoisotopic (exact) mass is 318 g/mol. The fourth-order valence-corrected chi connectivity index (χ4v) is 2.93. The molecule has 23 heavy (non-hydrogen) atoms. The van der Waals surface area contributed by atoms with Crippen molar-refractivity contribution in [2.75, 3.05) is 39.8 Å². The van der Waals surface area contributed by atoms with Crippen LogP contribution in [0.25, 0.3) is 0 Å². The molecule has 3 N–H and O–H groups in total. The normalized spacial score (nSPS) is 20.7. The van der Waals surface area contributed by atoms with Crippen molar-refractivity contribution < 1.29 is 4.79 Å². The molecule has 5 heteroatoms. The number of hydrogen-bond acceptors (Lipinski definition) is 4. The molecular formula is C18H30N4O. The van der Waals surface area contributed by atoms with Crippen LogP contribution in [0.1, 0.15) is 25.5 Å². The molecule has 0 spiro atoms. The number of piperazine rings is 1. The van der Waals surface area contributed by atoms with E-state index in [0.29, 0.717) is 12.6 Å². The summed E-state index contributed by atoms with van der Waals surface area (Å²) in [5.74, 6) is -0.209. The van der Waals surface area contributed by atoms with Crippen molar-refractivity contribution in [2.45, 2.75) is 25.9 Å². The maximum Gasteiger partial charge on any atom is 0.224 e. The Balaban J connectivity index is 1.79. The first-order valence-electron chi connectivity index (χ1n) is 8.50. The van der Waals surface area contributed by atoms with Crippen molar-refractivity contribution in [3.8, 4) is 0 Å². The summed E-state index contributed by atoms with van der Waals surface area (Å²) in [6.45, 7) is 9.05. The average Bonchev–Trinajstić information content (AvgIpc) is 2.59. The lowest BCUT2D eigenvalue weighted by Gasteiger charge is -2.36. The number of carbonyl (C=O) groups excluding carboxylic acids is 1. The Labute approximate surface area is 139 Å². The second kappa shape index (κ2) is 8.43. The van der Waals surface area contributed by atoms with Gasteiger partial charge in [-0.05, 0) is 19.5 Å². The van der Waals surface area contributed by atoms with Crippen molar-refractivity contribution in [1.82, 2.24) is 15.1 Å². The van der Waals surface area contributed by atoms with E-state index in [1.165, 1.54) is 0 Å². The third-order valence-corrected chi connectivity index (χ3v) is 4.87. The Morgan fingerprint density at radius 1 is 1.17 bits per heavy atom. The molecule has 128 valence electrons. The summed E-state index contributed by atoms with van der Waals surface area (Å²) in [5.41, 5.74) is 7.23. The van der Waals surface area contributed by atoms with Crippen molar-refractivity contribution in [2.24, 2.45) is 11.7 Å². The third kappa shape index (κ3) is 5.03. The molecule has 2 rings (SSSR count). The van der Waals surface area contributed by atoms with Crippen LogP contribution in [0.15, 0.2) is 30.3 Å². The highest BCUT2D eigenvalue weighted by Crippen LogP contribution is 2.19. The summed E-state index contributed by atoms with van der Waals surface area (Å²) in [4.78, 5) is 17.1. The van der Waals surface area contributed by atoms with Crippen LogP contribution in [0.5, 0.6) is 0 Å². The van der Waals surface area contributed by atoms with E-state index in [1.807, 2.05) is 37.3 Å². The number of carbonyl (C=O) groups is 1. The van der Waals surface area contributed by atoms with Crippen LogP contribution in [-0.4, -0.2) is 61.5 Å². The molecule has 0 bridgehead atoms. The number of benzene rings is 1. The van der Waals surface area contributed by atoms with Crippen LogP contribution in [0.2, 0.25) is 0 Å². The number of nitrogens with two attached hydrogens (primary N) is 1. The van der Waals surface area contributed by atoms with Gasteiger partial charge in [-0.3, -0.25) is 9.69 Å². The van der Waals surface area contributed by atoms with Gasteiger partial charge in [0.15, 0.2) is 0 Å². The van der Waals surface area contributed by atoms with E-state index in [-0.39, 0.29) is 17.9 Å². The SMILES string of the molecule is CC(C(=O)NCC(C)N1CCN(C)CC1)C(N)c1ccccc1. The highest BCUT2D eigenvalue weighted by Gasteiger charge is 2.24. The summed E-state index contributed by atoms with van der Waals surface area (Å²) in [6.07, 6.45) is 0. The van der Waals surface area contributed by atoms with Gasteiger partial charge in [0.05, 0.1) is 5.92 Å². The van der Waals surface area contributed by atoms with Gasteiger partial charge >= 0.3 is 0 Å². The molecule has 5 nitrogen and oxygen atoms in total. The number of amides is 1. The van der Waals surface area contributed by atoms with Gasteiger partial charge in [0.2, 0.25) is 5.91 Å². The largest absolute Gasteiger partial charge is 0.354 e. The molecule has 1 aromatic rings. The van der Waals surface area contributed by atoms with Gasteiger partial charge in [-0.25, -0.2) is 0 Å². The number of nitrogens with one attached hydrogen (secondary N) is 1. The van der Waals surface area contributed by atoms with E-state index >= 15 is 0 Å². The average molecular weight is 318 g/mol. The van der Waals surface area contributed by atoms with Gasteiger partial charge in [0, 0.05) is 44.8 Å². The first kappa shape index (κ1) is 17.9. The highest BCUT2D eigenvalue weighted by atomic mass is 16.1. The number of hydrogen-bond donors (Lipinski definition) is 2. The maximum absolute atomic E-state index is 12.4. The Hall–Kier alpha value is -1.43. The van der Waals surface area contributed by atoms with E-state index in [0.717, 1.165) is 31.7 Å². The molecule has 1 aliphatic heterocycles. The zero-order chi connectivity index (χ0) is 16.8. The zero-order valence-corrected chi connectivity index (χ0v) is 14.5. The van der Waals surface area contributed by atoms with Crippen molar-refractivity contribution in [3.63, 3.8) is 0 Å². The topological polar surface area (TPSA) is 61.6 Å². The van der Waals surface area contributed by atoms with Gasteiger partial charge < -0.3 is 16.0 Å². The van der Waals surface area contributed by atoms with E-state index in [4.69, 9.17) is 5.73 Å². The summed E-state index contributed by atoms with van der Waals surface area (Å²) < 4.78 is 0. The molecule has 0 aromatic heterocycles. The Bertz CT molecular complexity index is 485. The summed E-state index contributed by atoms with van der Waals surface area (Å²) in [7, 11) is 2.15. The fourth-order valence-electron chi connectivity index (χ4n) is 2.93. The molecule has 0 aliphatic carbocycles. The standard InChI is InChI=1S/C18H30N4O/c1-14(22-11-9-21(3)10-12-22)13-20-18(23)15(2)17(19)16-7-5-4-6-8-16/h4-8,14-15,17H,9-13,19H2,1-3H3,(H,20,23). The lowest BCUT2D eigenvalue weighted by atomic mass is 9.94. The fraction of sp³-hybridized carbons (Fsp3) is 0.611. The highest BCUT2D eigenvalue weighted by molar-refractivity contribution is 5.79. The maximum atomic E-state index is 12.4. The summed E-state index contributed by atoms with van der Waals surface area (Å²) >= 11 is 0. The van der Waals surface area contributed by atoms with Crippen LogP contribution in [0.3, 0.4) is 0 Å². The third-order valence-electron chi connectivity index (χ3n) is 4.87. The second-order valence-electron chi connectivity index (χ2n) is 6.66. The van der Waals surface area contributed by atoms with E-state index < -0.39 is 0 Å². The summed E-state index contributed by atoms with van der Waals surface area (Å²) in [5, 5.41) is 3.07. The van der Waals surface area contributed by atoms with E-state index in [2.05, 4.69) is 29.1 Å². The number of rotatable bonds is 6. The van der Waals surface area contributed by atoms with E-state index in [9.17, 15) is 4.79 Å². The lowest BCUT2D eigenvalue weighted by Crippen LogP contribution is -2.51. The molecule has 1 amide bonds. The molecule has 1 heterocycles. The van der Waals surface area contributed by atoms with Crippen LogP contribution >= 0.6 is 0 Å². The molecule has 1 aromatic carbocycles. The lowest BCUT2D eigenvalue weighted by molar-refractivity contribution is -0.125. The van der Waals surface area contributed by atoms with Crippen LogP contribution in [0.4, 0.5) is 0 Å². The predicted octanol–water partition coefficient (Wildman–Crippen LogP) is 1.07. The minimum Gasteiger partial charge on any atom is -0.354 e.